The van der Waals surface area contributed by atoms with E-state index in [1.165, 1.54) is 0 Å². The van der Waals surface area contributed by atoms with Gasteiger partial charge in [-0.25, -0.2) is 4.79 Å². The van der Waals surface area contributed by atoms with Crippen LogP contribution in [0, 0.1) is 5.92 Å². The molecule has 1 aromatic carbocycles. The number of carbonyl (C=O) groups excluding carboxylic acids is 3. The maximum absolute atomic E-state index is 12.2. The van der Waals surface area contributed by atoms with Crippen molar-refractivity contribution in [3.63, 3.8) is 0 Å². The number of esters is 2. The predicted molar refractivity (Wildman–Crippen MR) is 90.8 cm³/mol. The molecule has 0 amide bonds. The highest BCUT2D eigenvalue weighted by Crippen LogP contribution is 2.25. The van der Waals surface area contributed by atoms with Gasteiger partial charge in [-0.05, 0) is 50.5 Å². The van der Waals surface area contributed by atoms with E-state index in [4.69, 9.17) is 14.2 Å². The summed E-state index contributed by atoms with van der Waals surface area (Å²) in [6, 6.07) is 5.42. The first-order valence-electron chi connectivity index (χ1n) is 7.64. The molecule has 24 heavy (non-hydrogen) atoms. The zero-order valence-electron chi connectivity index (χ0n) is 14.0. The number of benzene rings is 1. The van der Waals surface area contributed by atoms with Crippen molar-refractivity contribution in [1.29, 1.82) is 0 Å². The van der Waals surface area contributed by atoms with Gasteiger partial charge in [0.1, 0.15) is 11.7 Å². The van der Waals surface area contributed by atoms with E-state index in [9.17, 15) is 14.4 Å². The van der Waals surface area contributed by atoms with Crippen LogP contribution in [0.5, 0.6) is 5.75 Å². The lowest BCUT2D eigenvalue weighted by atomic mass is 9.95. The van der Waals surface area contributed by atoms with Crippen LogP contribution in [-0.4, -0.2) is 38.0 Å². The zero-order valence-corrected chi connectivity index (χ0v) is 15.6. The van der Waals surface area contributed by atoms with Gasteiger partial charge < -0.3 is 14.2 Å². The van der Waals surface area contributed by atoms with Crippen molar-refractivity contribution in [2.75, 3.05) is 20.3 Å². The molecule has 0 aliphatic carbocycles. The molecule has 1 atom stereocenters. The smallest absolute Gasteiger partial charge is 0.375 e. The number of aryl methyl sites for hydroxylation is 1. The first kappa shape index (κ1) is 20.2. The second-order valence-electron chi connectivity index (χ2n) is 4.89. The molecule has 7 heteroatoms. The van der Waals surface area contributed by atoms with Crippen LogP contribution in [0.15, 0.2) is 22.7 Å². The highest BCUT2D eigenvalue weighted by Gasteiger charge is 2.33. The Kier molecular flexibility index (Phi) is 8.46. The fraction of sp³-hybridized carbons (Fsp3) is 0.471. The number of methoxy groups -OCH3 is 1. The van der Waals surface area contributed by atoms with E-state index in [0.717, 1.165) is 10.0 Å². The lowest BCUT2D eigenvalue weighted by Crippen LogP contribution is -2.33. The fourth-order valence-corrected chi connectivity index (χ4v) is 2.56. The summed E-state index contributed by atoms with van der Waals surface area (Å²) in [4.78, 5) is 35.9. The normalized spacial score (nSPS) is 11.5. The highest BCUT2D eigenvalue weighted by atomic mass is 79.9. The first-order valence-corrected chi connectivity index (χ1v) is 8.43. The van der Waals surface area contributed by atoms with Gasteiger partial charge in [-0.3, -0.25) is 9.59 Å². The molecule has 0 aliphatic heterocycles. The largest absolute Gasteiger partial charge is 0.497 e. The quantitative estimate of drug-likeness (QED) is 0.360. The summed E-state index contributed by atoms with van der Waals surface area (Å²) in [5.41, 5.74) is 0.861. The van der Waals surface area contributed by atoms with Gasteiger partial charge in [0.25, 0.3) is 5.78 Å². The molecule has 0 aliphatic rings. The first-order chi connectivity index (χ1) is 11.4. The third-order valence-electron chi connectivity index (χ3n) is 3.32. The van der Waals surface area contributed by atoms with E-state index < -0.39 is 23.6 Å². The summed E-state index contributed by atoms with van der Waals surface area (Å²) in [5, 5.41) is 0. The SMILES string of the molecule is CCOC(=O)C(=O)C(CCc1cc(OC)ccc1Br)C(=O)OCC. The minimum Gasteiger partial charge on any atom is -0.497 e. The van der Waals surface area contributed by atoms with Gasteiger partial charge in [-0.2, -0.15) is 0 Å². The Morgan fingerprint density at radius 1 is 1.12 bits per heavy atom. The molecule has 0 spiro atoms. The molecule has 6 nitrogen and oxygen atoms in total. The predicted octanol–water partition coefficient (Wildman–Crippen LogP) is 2.70. The summed E-state index contributed by atoms with van der Waals surface area (Å²) < 4.78 is 15.6. The topological polar surface area (TPSA) is 78.9 Å². The maximum atomic E-state index is 12.2. The molecule has 0 bridgehead atoms. The number of hydrogen-bond donors (Lipinski definition) is 0. The van der Waals surface area contributed by atoms with Gasteiger partial charge >= 0.3 is 11.9 Å². The van der Waals surface area contributed by atoms with Gasteiger partial charge in [0.15, 0.2) is 0 Å². The van der Waals surface area contributed by atoms with E-state index >= 15 is 0 Å². The number of Topliss-reactive ketones (excluding diaryl/α,β-unsaturated/α-hetero) is 1. The standard InChI is InChI=1S/C17H21BrO6/c1-4-23-16(20)13(15(19)17(21)24-5-2)8-6-11-10-12(22-3)7-9-14(11)18/h7,9-10,13H,4-6,8H2,1-3H3. The average molecular weight is 401 g/mol. The number of halogens is 1. The molecular weight excluding hydrogens is 380 g/mol. The van der Waals surface area contributed by atoms with E-state index in [2.05, 4.69) is 15.9 Å². The van der Waals surface area contributed by atoms with E-state index in [-0.39, 0.29) is 19.6 Å². The Morgan fingerprint density at radius 2 is 1.79 bits per heavy atom. The minimum absolute atomic E-state index is 0.0710. The molecular formula is C17H21BrO6. The van der Waals surface area contributed by atoms with Crippen LogP contribution in [0.4, 0.5) is 0 Å². The van der Waals surface area contributed by atoms with E-state index in [1.807, 2.05) is 6.07 Å². The van der Waals surface area contributed by atoms with Crippen LogP contribution in [0.25, 0.3) is 0 Å². The molecule has 0 heterocycles. The Balaban J connectivity index is 2.91. The van der Waals surface area contributed by atoms with Crippen molar-refractivity contribution < 1.29 is 28.6 Å². The Bertz CT molecular complexity index is 599. The van der Waals surface area contributed by atoms with E-state index in [1.54, 1.807) is 33.1 Å². The molecule has 0 fully saturated rings. The Labute approximate surface area is 149 Å². The monoisotopic (exact) mass is 400 g/mol. The highest BCUT2D eigenvalue weighted by molar-refractivity contribution is 9.10. The van der Waals surface area contributed by atoms with Crippen LogP contribution in [-0.2, 0) is 30.3 Å². The summed E-state index contributed by atoms with van der Waals surface area (Å²) in [5.74, 6) is -3.12. The summed E-state index contributed by atoms with van der Waals surface area (Å²) in [6.07, 6.45) is 0.536. The Hall–Kier alpha value is -1.89. The Morgan fingerprint density at radius 3 is 2.38 bits per heavy atom. The van der Waals surface area contributed by atoms with Gasteiger partial charge in [0.2, 0.25) is 0 Å². The number of rotatable bonds is 9. The fourth-order valence-electron chi connectivity index (χ4n) is 2.11. The second kappa shape index (κ2) is 10.1. The third-order valence-corrected chi connectivity index (χ3v) is 4.09. The second-order valence-corrected chi connectivity index (χ2v) is 5.74. The van der Waals surface area contributed by atoms with Gasteiger partial charge in [0.05, 0.1) is 20.3 Å². The summed E-state index contributed by atoms with van der Waals surface area (Å²) >= 11 is 3.42. The number of hydrogen-bond acceptors (Lipinski definition) is 6. The van der Waals surface area contributed by atoms with Gasteiger partial charge in [0, 0.05) is 4.47 Å². The molecule has 0 N–H and O–H groups in total. The van der Waals surface area contributed by atoms with Gasteiger partial charge in [-0.15, -0.1) is 0 Å². The third kappa shape index (κ3) is 5.63. The number of carbonyl (C=O) groups is 3. The molecule has 1 unspecified atom stereocenters. The number of ether oxygens (including phenoxy) is 3. The van der Waals surface area contributed by atoms with Crippen LogP contribution < -0.4 is 4.74 Å². The van der Waals surface area contributed by atoms with E-state index in [0.29, 0.717) is 12.2 Å². The summed E-state index contributed by atoms with van der Waals surface area (Å²) in [7, 11) is 1.55. The van der Waals surface area contributed by atoms with Crippen LogP contribution in [0.1, 0.15) is 25.8 Å². The molecule has 1 aromatic rings. The molecule has 1 rings (SSSR count). The zero-order chi connectivity index (χ0) is 18.1. The van der Waals surface area contributed by atoms with Crippen LogP contribution >= 0.6 is 15.9 Å². The molecule has 0 saturated heterocycles. The lowest BCUT2D eigenvalue weighted by molar-refractivity contribution is -0.162. The van der Waals surface area contributed by atoms with Crippen molar-refractivity contribution in [1.82, 2.24) is 0 Å². The number of ketones is 1. The summed E-state index contributed by atoms with van der Waals surface area (Å²) in [6.45, 7) is 3.44. The van der Waals surface area contributed by atoms with Crippen molar-refractivity contribution >= 4 is 33.7 Å². The van der Waals surface area contributed by atoms with Crippen molar-refractivity contribution in [3.8, 4) is 5.75 Å². The molecule has 0 radical (unpaired) electrons. The maximum Gasteiger partial charge on any atom is 0.375 e. The molecule has 0 aromatic heterocycles. The van der Waals surface area contributed by atoms with Gasteiger partial charge in [-0.1, -0.05) is 15.9 Å². The molecule has 132 valence electrons. The van der Waals surface area contributed by atoms with Crippen LogP contribution in [0.3, 0.4) is 0 Å². The van der Waals surface area contributed by atoms with Crippen LogP contribution in [0.2, 0.25) is 0 Å². The molecule has 0 saturated carbocycles. The van der Waals surface area contributed by atoms with Crippen molar-refractivity contribution in [2.24, 2.45) is 5.92 Å². The lowest BCUT2D eigenvalue weighted by Gasteiger charge is -2.14. The average Bonchev–Trinajstić information content (AvgIpc) is 2.56. The van der Waals surface area contributed by atoms with Crippen molar-refractivity contribution in [2.45, 2.75) is 26.7 Å². The minimum atomic E-state index is -1.18. The van der Waals surface area contributed by atoms with Crippen molar-refractivity contribution in [3.05, 3.63) is 28.2 Å².